The fourth-order valence-electron chi connectivity index (χ4n) is 4.98. The van der Waals surface area contributed by atoms with Crippen molar-refractivity contribution in [1.82, 2.24) is 5.32 Å². The maximum Gasteiger partial charge on any atom is 0.120 e. The van der Waals surface area contributed by atoms with Gasteiger partial charge in [0.25, 0.3) is 0 Å². The predicted octanol–water partition coefficient (Wildman–Crippen LogP) is 5.90. The number of anilines is 1. The quantitative estimate of drug-likeness (QED) is 0.321. The summed E-state index contributed by atoms with van der Waals surface area (Å²) in [5.41, 5.74) is 6.47. The lowest BCUT2D eigenvalue weighted by molar-refractivity contribution is 0.301. The summed E-state index contributed by atoms with van der Waals surface area (Å²) in [5.74, 6) is 1.23. The molecule has 5 nitrogen and oxygen atoms in total. The standard InChI is InChI=1S/C22H32N2O2.C10H12O/c1-5-23-22(2,3)16-18-9-11-19(12-10-18)17-24(13-14-25)20-7-6-8-21(15-20)26-4;11-10-6-5-8-3-1-2-4-9(8)7-10/h6-12,15,23,25H,5,13-14,16-17H2,1-4H3;5-7,11H,1-4H2. The summed E-state index contributed by atoms with van der Waals surface area (Å²) in [6.45, 7) is 9.03. The Balaban J connectivity index is 0.000000284. The highest BCUT2D eigenvalue weighted by molar-refractivity contribution is 5.51. The molecule has 1 aliphatic carbocycles. The maximum atomic E-state index is 9.44. The van der Waals surface area contributed by atoms with Crippen LogP contribution in [0, 0.1) is 0 Å². The number of nitrogens with one attached hydrogen (secondary N) is 1. The summed E-state index contributed by atoms with van der Waals surface area (Å²) in [6, 6.07) is 22.5. The average Bonchev–Trinajstić information content (AvgIpc) is 2.89. The summed E-state index contributed by atoms with van der Waals surface area (Å²) in [4.78, 5) is 2.17. The number of phenols is 1. The number of aromatic hydroxyl groups is 1. The first-order valence-electron chi connectivity index (χ1n) is 13.5. The molecule has 0 saturated heterocycles. The van der Waals surface area contributed by atoms with E-state index in [1.54, 1.807) is 13.2 Å². The van der Waals surface area contributed by atoms with Crippen molar-refractivity contribution in [1.29, 1.82) is 0 Å². The number of fused-ring (bicyclic) bond motifs is 1. The fourth-order valence-corrected chi connectivity index (χ4v) is 4.98. The molecule has 0 heterocycles. The first-order chi connectivity index (χ1) is 17.8. The van der Waals surface area contributed by atoms with Crippen molar-refractivity contribution < 1.29 is 14.9 Å². The molecular formula is C32H44N2O3. The zero-order chi connectivity index (χ0) is 26.7. The number of rotatable bonds is 10. The number of aliphatic hydroxyl groups is 1. The summed E-state index contributed by atoms with van der Waals surface area (Å²) in [7, 11) is 1.67. The van der Waals surface area contributed by atoms with Crippen molar-refractivity contribution >= 4 is 5.69 Å². The zero-order valence-electron chi connectivity index (χ0n) is 23.0. The van der Waals surface area contributed by atoms with Gasteiger partial charge >= 0.3 is 0 Å². The zero-order valence-corrected chi connectivity index (χ0v) is 23.0. The molecule has 1 aliphatic rings. The van der Waals surface area contributed by atoms with Gasteiger partial charge in [-0.1, -0.05) is 43.3 Å². The molecule has 0 aromatic heterocycles. The molecule has 0 saturated carbocycles. The molecule has 3 aromatic carbocycles. The predicted molar refractivity (Wildman–Crippen MR) is 154 cm³/mol. The number of phenolic OH excluding ortho intramolecular Hbond substituents is 1. The van der Waals surface area contributed by atoms with E-state index in [2.05, 4.69) is 55.3 Å². The van der Waals surface area contributed by atoms with Crippen LogP contribution in [0.1, 0.15) is 55.9 Å². The Kier molecular flexibility index (Phi) is 10.8. The van der Waals surface area contributed by atoms with E-state index in [4.69, 9.17) is 4.74 Å². The van der Waals surface area contributed by atoms with Gasteiger partial charge in [-0.2, -0.15) is 0 Å². The third kappa shape index (κ3) is 9.10. The number of aryl methyl sites for hydroxylation is 2. The summed E-state index contributed by atoms with van der Waals surface area (Å²) >= 11 is 0. The summed E-state index contributed by atoms with van der Waals surface area (Å²) < 4.78 is 5.32. The molecule has 0 aliphatic heterocycles. The lowest BCUT2D eigenvalue weighted by Crippen LogP contribution is -2.41. The van der Waals surface area contributed by atoms with Gasteiger partial charge in [0.15, 0.2) is 0 Å². The van der Waals surface area contributed by atoms with Crippen LogP contribution in [0.5, 0.6) is 11.5 Å². The molecule has 3 N–H and O–H groups in total. The van der Waals surface area contributed by atoms with Crippen LogP contribution in [0.3, 0.4) is 0 Å². The normalized spacial score (nSPS) is 12.8. The van der Waals surface area contributed by atoms with Gasteiger partial charge in [0.05, 0.1) is 13.7 Å². The largest absolute Gasteiger partial charge is 0.508 e. The molecule has 0 radical (unpaired) electrons. The molecule has 37 heavy (non-hydrogen) atoms. The Morgan fingerprint density at radius 3 is 2.30 bits per heavy atom. The van der Waals surface area contributed by atoms with Crippen molar-refractivity contribution in [3.05, 3.63) is 89.0 Å². The second-order valence-electron chi connectivity index (χ2n) is 10.4. The van der Waals surface area contributed by atoms with E-state index in [1.807, 2.05) is 36.4 Å². The highest BCUT2D eigenvalue weighted by atomic mass is 16.5. The van der Waals surface area contributed by atoms with Crippen LogP contribution in [0.25, 0.3) is 0 Å². The number of likely N-dealkylation sites (N-methyl/N-ethyl adjacent to an activating group) is 1. The van der Waals surface area contributed by atoms with Crippen molar-refractivity contribution in [3.8, 4) is 11.5 Å². The van der Waals surface area contributed by atoms with Gasteiger partial charge < -0.3 is 25.2 Å². The molecule has 0 atom stereocenters. The number of nitrogens with zero attached hydrogens (tertiary/aromatic N) is 1. The van der Waals surface area contributed by atoms with Crippen molar-refractivity contribution in [3.63, 3.8) is 0 Å². The fraction of sp³-hybridized carbons (Fsp3) is 0.438. The Morgan fingerprint density at radius 2 is 1.62 bits per heavy atom. The second-order valence-corrected chi connectivity index (χ2v) is 10.4. The van der Waals surface area contributed by atoms with Crippen LogP contribution in [0.4, 0.5) is 5.69 Å². The highest BCUT2D eigenvalue weighted by Crippen LogP contribution is 2.25. The molecule has 0 unspecified atom stereocenters. The van der Waals surface area contributed by atoms with Crippen LogP contribution in [0.2, 0.25) is 0 Å². The highest BCUT2D eigenvalue weighted by Gasteiger charge is 2.16. The van der Waals surface area contributed by atoms with E-state index in [0.717, 1.165) is 37.4 Å². The third-order valence-electron chi connectivity index (χ3n) is 6.82. The summed E-state index contributed by atoms with van der Waals surface area (Å²) in [5, 5.41) is 22.2. The van der Waals surface area contributed by atoms with Gasteiger partial charge in [0, 0.05) is 30.4 Å². The van der Waals surface area contributed by atoms with Crippen LogP contribution in [0.15, 0.2) is 66.7 Å². The Labute approximate surface area is 223 Å². The smallest absolute Gasteiger partial charge is 0.120 e. The first kappa shape index (κ1) is 28.5. The van der Waals surface area contributed by atoms with E-state index in [9.17, 15) is 10.2 Å². The SMILES string of the molecule is CCNC(C)(C)Cc1ccc(CN(CCO)c2cccc(OC)c2)cc1.Oc1ccc2c(c1)CCCC2. The molecule has 0 spiro atoms. The van der Waals surface area contributed by atoms with Gasteiger partial charge in [-0.15, -0.1) is 0 Å². The molecule has 4 rings (SSSR count). The Morgan fingerprint density at radius 1 is 0.919 bits per heavy atom. The molecule has 200 valence electrons. The van der Waals surface area contributed by atoms with Crippen LogP contribution >= 0.6 is 0 Å². The number of benzene rings is 3. The minimum Gasteiger partial charge on any atom is -0.508 e. The Bertz CT molecular complexity index is 1100. The number of hydrogen-bond donors (Lipinski definition) is 3. The van der Waals surface area contributed by atoms with Crippen molar-refractivity contribution in [2.75, 3.05) is 31.7 Å². The first-order valence-corrected chi connectivity index (χ1v) is 13.5. The second kappa shape index (κ2) is 14.1. The van der Waals surface area contributed by atoms with Gasteiger partial charge in [0.2, 0.25) is 0 Å². The Hall–Kier alpha value is -3.02. The van der Waals surface area contributed by atoms with Crippen molar-refractivity contribution in [2.45, 2.75) is 65.0 Å². The number of hydrogen-bond acceptors (Lipinski definition) is 5. The van der Waals surface area contributed by atoms with Gasteiger partial charge in [0.1, 0.15) is 11.5 Å². The number of methoxy groups -OCH3 is 1. The van der Waals surface area contributed by atoms with E-state index in [0.29, 0.717) is 12.3 Å². The van der Waals surface area contributed by atoms with Crippen LogP contribution in [-0.4, -0.2) is 42.6 Å². The molecule has 0 fully saturated rings. The number of ether oxygens (including phenoxy) is 1. The average molecular weight is 505 g/mol. The van der Waals surface area contributed by atoms with Crippen LogP contribution in [-0.2, 0) is 25.8 Å². The lowest BCUT2D eigenvalue weighted by atomic mass is 9.92. The molecule has 0 amide bonds. The van der Waals surface area contributed by atoms with E-state index in [-0.39, 0.29) is 12.1 Å². The third-order valence-corrected chi connectivity index (χ3v) is 6.82. The molecular weight excluding hydrogens is 460 g/mol. The molecule has 0 bridgehead atoms. The van der Waals surface area contributed by atoms with Gasteiger partial charge in [-0.3, -0.25) is 0 Å². The minimum absolute atomic E-state index is 0.0970. The van der Waals surface area contributed by atoms with Crippen molar-refractivity contribution in [2.24, 2.45) is 0 Å². The van der Waals surface area contributed by atoms with Crippen LogP contribution < -0.4 is 15.0 Å². The lowest BCUT2D eigenvalue weighted by Gasteiger charge is -2.26. The molecule has 3 aromatic rings. The molecule has 5 heteroatoms. The number of aliphatic hydroxyl groups excluding tert-OH is 1. The maximum absolute atomic E-state index is 9.44. The monoisotopic (exact) mass is 504 g/mol. The van der Waals surface area contributed by atoms with E-state index in [1.165, 1.54) is 41.5 Å². The minimum atomic E-state index is 0.0970. The van der Waals surface area contributed by atoms with E-state index < -0.39 is 0 Å². The summed E-state index contributed by atoms with van der Waals surface area (Å²) in [6.07, 6.45) is 5.91. The topological polar surface area (TPSA) is 65.0 Å². The van der Waals surface area contributed by atoms with Gasteiger partial charge in [-0.25, -0.2) is 0 Å². The van der Waals surface area contributed by atoms with Gasteiger partial charge in [-0.05, 0) is 99.0 Å². The van der Waals surface area contributed by atoms with E-state index >= 15 is 0 Å².